The van der Waals surface area contributed by atoms with E-state index in [0.717, 1.165) is 23.5 Å². The van der Waals surface area contributed by atoms with E-state index in [2.05, 4.69) is 5.32 Å². The molecule has 0 aromatic heterocycles. The molecule has 2 atom stereocenters. The van der Waals surface area contributed by atoms with Crippen LogP contribution >= 0.6 is 12.4 Å². The Morgan fingerprint density at radius 2 is 1.81 bits per heavy atom. The van der Waals surface area contributed by atoms with Crippen LogP contribution in [-0.2, 0) is 4.79 Å². The SMILES string of the molecule is COc1cccc(OCCCNC(=O)C(C)C(N)c2ccccc2)c1.Cl. The van der Waals surface area contributed by atoms with Crippen molar-refractivity contribution < 1.29 is 14.3 Å². The minimum Gasteiger partial charge on any atom is -0.497 e. The van der Waals surface area contributed by atoms with E-state index in [9.17, 15) is 4.79 Å². The fourth-order valence-corrected chi connectivity index (χ4v) is 2.45. The molecule has 0 fully saturated rings. The molecule has 0 heterocycles. The maximum Gasteiger partial charge on any atom is 0.224 e. The van der Waals surface area contributed by atoms with Crippen LogP contribution < -0.4 is 20.5 Å². The number of rotatable bonds is 9. The summed E-state index contributed by atoms with van der Waals surface area (Å²) in [6, 6.07) is 16.8. The van der Waals surface area contributed by atoms with Gasteiger partial charge in [0.15, 0.2) is 0 Å². The molecule has 2 aromatic rings. The molecule has 0 spiro atoms. The third-order valence-electron chi connectivity index (χ3n) is 4.07. The summed E-state index contributed by atoms with van der Waals surface area (Å²) < 4.78 is 10.8. The van der Waals surface area contributed by atoms with Crippen LogP contribution in [0.3, 0.4) is 0 Å². The maximum absolute atomic E-state index is 12.2. The van der Waals surface area contributed by atoms with Gasteiger partial charge in [0.1, 0.15) is 11.5 Å². The zero-order chi connectivity index (χ0) is 18.1. The summed E-state index contributed by atoms with van der Waals surface area (Å²) in [6.45, 7) is 2.92. The highest BCUT2D eigenvalue weighted by molar-refractivity contribution is 5.85. The van der Waals surface area contributed by atoms with Crippen molar-refractivity contribution in [3.63, 3.8) is 0 Å². The van der Waals surface area contributed by atoms with Crippen LogP contribution in [0.5, 0.6) is 11.5 Å². The number of halogens is 1. The zero-order valence-corrected chi connectivity index (χ0v) is 16.0. The molecule has 0 aliphatic carbocycles. The van der Waals surface area contributed by atoms with E-state index >= 15 is 0 Å². The van der Waals surface area contributed by atoms with Gasteiger partial charge in [-0.05, 0) is 24.1 Å². The first-order chi connectivity index (χ1) is 12.1. The molecule has 0 saturated carbocycles. The average molecular weight is 379 g/mol. The Kier molecular flexibility index (Phi) is 9.55. The van der Waals surface area contributed by atoms with Gasteiger partial charge in [-0.25, -0.2) is 0 Å². The lowest BCUT2D eigenvalue weighted by Crippen LogP contribution is -2.36. The molecule has 2 rings (SSSR count). The molecule has 0 saturated heterocycles. The van der Waals surface area contributed by atoms with Crippen LogP contribution in [0.25, 0.3) is 0 Å². The topological polar surface area (TPSA) is 73.6 Å². The molecule has 3 N–H and O–H groups in total. The van der Waals surface area contributed by atoms with Crippen LogP contribution in [-0.4, -0.2) is 26.2 Å². The highest BCUT2D eigenvalue weighted by atomic mass is 35.5. The molecular formula is C20H27ClN2O3. The van der Waals surface area contributed by atoms with Crippen LogP contribution in [0.2, 0.25) is 0 Å². The van der Waals surface area contributed by atoms with Crippen molar-refractivity contribution in [3.05, 3.63) is 60.2 Å². The summed E-state index contributed by atoms with van der Waals surface area (Å²) in [7, 11) is 1.62. The van der Waals surface area contributed by atoms with E-state index < -0.39 is 0 Å². The molecule has 0 radical (unpaired) electrons. The van der Waals surface area contributed by atoms with Crippen LogP contribution in [0.15, 0.2) is 54.6 Å². The Balaban J connectivity index is 0.00000338. The molecule has 0 aliphatic rings. The van der Waals surface area contributed by atoms with E-state index in [1.54, 1.807) is 7.11 Å². The van der Waals surface area contributed by atoms with Gasteiger partial charge in [0.05, 0.1) is 19.6 Å². The molecule has 26 heavy (non-hydrogen) atoms. The van der Waals surface area contributed by atoms with Gasteiger partial charge in [0.2, 0.25) is 5.91 Å². The van der Waals surface area contributed by atoms with Crippen molar-refractivity contribution in [2.24, 2.45) is 11.7 Å². The van der Waals surface area contributed by atoms with Gasteiger partial charge in [-0.2, -0.15) is 0 Å². The molecule has 142 valence electrons. The highest BCUT2D eigenvalue weighted by Crippen LogP contribution is 2.20. The van der Waals surface area contributed by atoms with Crippen molar-refractivity contribution in [2.45, 2.75) is 19.4 Å². The van der Waals surface area contributed by atoms with Gasteiger partial charge >= 0.3 is 0 Å². The summed E-state index contributed by atoms with van der Waals surface area (Å²) in [6.07, 6.45) is 0.718. The summed E-state index contributed by atoms with van der Waals surface area (Å²) in [5.74, 6) is 1.18. The first kappa shape index (κ1) is 21.8. The number of methoxy groups -OCH3 is 1. The lowest BCUT2D eigenvalue weighted by atomic mass is 9.95. The van der Waals surface area contributed by atoms with Crippen molar-refractivity contribution in [2.75, 3.05) is 20.3 Å². The molecule has 2 unspecified atom stereocenters. The van der Waals surface area contributed by atoms with Gasteiger partial charge in [0, 0.05) is 18.7 Å². The number of nitrogens with one attached hydrogen (secondary N) is 1. The van der Waals surface area contributed by atoms with E-state index in [4.69, 9.17) is 15.2 Å². The predicted molar refractivity (Wildman–Crippen MR) is 106 cm³/mol. The number of hydrogen-bond acceptors (Lipinski definition) is 4. The maximum atomic E-state index is 12.2. The molecule has 5 nitrogen and oxygen atoms in total. The van der Waals surface area contributed by atoms with Crippen LogP contribution in [0.4, 0.5) is 0 Å². The number of carbonyl (C=O) groups is 1. The Labute approximate surface area is 161 Å². The van der Waals surface area contributed by atoms with Gasteiger partial charge in [-0.15, -0.1) is 12.4 Å². The Morgan fingerprint density at radius 1 is 1.12 bits per heavy atom. The summed E-state index contributed by atoms with van der Waals surface area (Å²) >= 11 is 0. The second kappa shape index (κ2) is 11.4. The Hall–Kier alpha value is -2.24. The van der Waals surface area contributed by atoms with Gasteiger partial charge in [-0.3, -0.25) is 4.79 Å². The monoisotopic (exact) mass is 378 g/mol. The second-order valence-electron chi connectivity index (χ2n) is 5.90. The molecule has 6 heteroatoms. The van der Waals surface area contributed by atoms with E-state index in [-0.39, 0.29) is 30.3 Å². The second-order valence-corrected chi connectivity index (χ2v) is 5.90. The summed E-state index contributed by atoms with van der Waals surface area (Å²) in [4.78, 5) is 12.2. The zero-order valence-electron chi connectivity index (χ0n) is 15.2. The number of carbonyl (C=O) groups excluding carboxylic acids is 1. The number of amides is 1. The van der Waals surface area contributed by atoms with Gasteiger partial charge in [0.25, 0.3) is 0 Å². The number of nitrogens with two attached hydrogens (primary N) is 1. The molecule has 0 aliphatic heterocycles. The van der Waals surface area contributed by atoms with Crippen molar-refractivity contribution in [3.8, 4) is 11.5 Å². The lowest BCUT2D eigenvalue weighted by Gasteiger charge is -2.19. The van der Waals surface area contributed by atoms with Crippen LogP contribution in [0.1, 0.15) is 24.9 Å². The summed E-state index contributed by atoms with van der Waals surface area (Å²) in [5, 5.41) is 2.92. The smallest absolute Gasteiger partial charge is 0.224 e. The average Bonchev–Trinajstić information content (AvgIpc) is 2.67. The fraction of sp³-hybridized carbons (Fsp3) is 0.350. The standard InChI is InChI=1S/C20H26N2O3.ClH/c1-15(19(21)16-8-4-3-5-9-16)20(23)22-12-7-13-25-18-11-6-10-17(14-18)24-2;/h3-6,8-11,14-15,19H,7,12-13,21H2,1-2H3,(H,22,23);1H. The quantitative estimate of drug-likeness (QED) is 0.656. The van der Waals surface area contributed by atoms with Crippen molar-refractivity contribution in [1.82, 2.24) is 5.32 Å². The number of ether oxygens (including phenoxy) is 2. The lowest BCUT2D eigenvalue weighted by molar-refractivity contribution is -0.125. The number of hydrogen-bond donors (Lipinski definition) is 2. The van der Waals surface area contributed by atoms with Crippen molar-refractivity contribution >= 4 is 18.3 Å². The van der Waals surface area contributed by atoms with Gasteiger partial charge in [-0.1, -0.05) is 43.3 Å². The Bertz CT molecular complexity index is 667. The minimum absolute atomic E-state index is 0. The first-order valence-corrected chi connectivity index (χ1v) is 8.47. The minimum atomic E-state index is -0.311. The molecule has 0 bridgehead atoms. The first-order valence-electron chi connectivity index (χ1n) is 8.47. The fourth-order valence-electron chi connectivity index (χ4n) is 2.45. The van der Waals surface area contributed by atoms with E-state index in [1.165, 1.54) is 0 Å². The Morgan fingerprint density at radius 3 is 2.50 bits per heavy atom. The molecule has 2 aromatic carbocycles. The normalized spacial score (nSPS) is 12.4. The largest absolute Gasteiger partial charge is 0.497 e. The summed E-state index contributed by atoms with van der Waals surface area (Å²) in [5.41, 5.74) is 7.14. The van der Waals surface area contributed by atoms with Gasteiger partial charge < -0.3 is 20.5 Å². The van der Waals surface area contributed by atoms with Crippen LogP contribution in [0, 0.1) is 5.92 Å². The third-order valence-corrected chi connectivity index (χ3v) is 4.07. The van der Waals surface area contributed by atoms with Crippen molar-refractivity contribution in [1.29, 1.82) is 0 Å². The van der Waals surface area contributed by atoms with E-state index in [0.29, 0.717) is 13.2 Å². The predicted octanol–water partition coefficient (Wildman–Crippen LogP) is 3.34. The molecule has 1 amide bonds. The van der Waals surface area contributed by atoms with E-state index in [1.807, 2.05) is 61.5 Å². The molecular weight excluding hydrogens is 352 g/mol. The highest BCUT2D eigenvalue weighted by Gasteiger charge is 2.21. The number of benzene rings is 2. The third kappa shape index (κ3) is 6.58.